The number of carbonyl (C=O) groups is 2. The number of ketones is 1. The van der Waals surface area contributed by atoms with Gasteiger partial charge >= 0.3 is 0 Å². The molecule has 0 saturated carbocycles. The van der Waals surface area contributed by atoms with Gasteiger partial charge in [0, 0.05) is 23.6 Å². The van der Waals surface area contributed by atoms with Gasteiger partial charge in [0.1, 0.15) is 5.78 Å². The summed E-state index contributed by atoms with van der Waals surface area (Å²) in [7, 11) is 0. The van der Waals surface area contributed by atoms with E-state index in [2.05, 4.69) is 17.2 Å². The van der Waals surface area contributed by atoms with Gasteiger partial charge in [0.2, 0.25) is 5.91 Å². The summed E-state index contributed by atoms with van der Waals surface area (Å²) in [4.78, 5) is 31.2. The van der Waals surface area contributed by atoms with Gasteiger partial charge < -0.3 is 25.0 Å². The van der Waals surface area contributed by atoms with E-state index < -0.39 is 35.5 Å². The highest BCUT2D eigenvalue weighted by atomic mass is 35.5. The van der Waals surface area contributed by atoms with Gasteiger partial charge in [-0.3, -0.25) is 14.6 Å². The molecule has 1 aromatic rings. The van der Waals surface area contributed by atoms with Crippen molar-refractivity contribution in [3.05, 3.63) is 35.1 Å². The molecule has 3 aliphatic rings. The molecule has 0 bridgehead atoms. The maximum atomic E-state index is 13.7. The number of halogens is 1. The molecule has 1 aromatic heterocycles. The second-order valence-corrected chi connectivity index (χ2v) is 12.5. The molecule has 210 valence electrons. The van der Waals surface area contributed by atoms with E-state index in [4.69, 9.17) is 21.1 Å². The average molecular weight is 549 g/mol. The normalized spacial score (nSPS) is 38.7. The topological polar surface area (TPSA) is 125 Å². The molecule has 3 fully saturated rings. The van der Waals surface area contributed by atoms with Gasteiger partial charge in [-0.1, -0.05) is 44.9 Å². The number of nitrogens with one attached hydrogen (secondary N) is 1. The standard InChI is InChI=1S/C29H41ClN2O6/c1-17-8-7-10-29(4)24(38-29)14-22(21(30)12-18-9-5-6-11-31-18)32-25(34)15-23(33)28(2,3)27(36)20(26(17)35)13-19-16-37-19/h5-6,9,11-12,17,19-20,22-24,26,33,35H,7-8,10,13-16H2,1-4H3,(H,32,34)/t17-,19?,20+,22-,23-,24?,26+,29?/m0/s1. The van der Waals surface area contributed by atoms with E-state index in [0.29, 0.717) is 30.2 Å². The van der Waals surface area contributed by atoms with Crippen LogP contribution in [0.5, 0.6) is 0 Å². The Bertz CT molecular complexity index is 1030. The summed E-state index contributed by atoms with van der Waals surface area (Å²) >= 11 is 6.71. The number of rotatable bonds is 4. The monoisotopic (exact) mass is 548 g/mol. The van der Waals surface area contributed by atoms with Crippen LogP contribution in [0.3, 0.4) is 0 Å². The van der Waals surface area contributed by atoms with E-state index in [9.17, 15) is 19.8 Å². The fourth-order valence-corrected chi connectivity index (χ4v) is 5.78. The smallest absolute Gasteiger partial charge is 0.223 e. The van der Waals surface area contributed by atoms with Crippen molar-refractivity contribution in [2.45, 2.75) is 102 Å². The lowest BCUT2D eigenvalue weighted by Crippen LogP contribution is -2.48. The third-order valence-corrected chi connectivity index (χ3v) is 8.93. The number of pyridine rings is 1. The summed E-state index contributed by atoms with van der Waals surface area (Å²) in [5, 5.41) is 25.7. The highest BCUT2D eigenvalue weighted by Gasteiger charge is 2.53. The summed E-state index contributed by atoms with van der Waals surface area (Å²) in [6.45, 7) is 7.87. The van der Waals surface area contributed by atoms with Crippen LogP contribution in [0.25, 0.3) is 6.08 Å². The number of aliphatic hydroxyl groups is 2. The number of Topliss-reactive ketones (excluding diaryl/α,β-unsaturated/α-hetero) is 1. The Hall–Kier alpha value is -1.84. The predicted octanol–water partition coefficient (Wildman–Crippen LogP) is 3.63. The fraction of sp³-hybridized carbons (Fsp3) is 0.690. The van der Waals surface area contributed by atoms with Crippen molar-refractivity contribution in [2.75, 3.05) is 6.61 Å². The van der Waals surface area contributed by atoms with Crippen LogP contribution in [0.2, 0.25) is 0 Å². The summed E-state index contributed by atoms with van der Waals surface area (Å²) < 4.78 is 11.5. The zero-order valence-corrected chi connectivity index (χ0v) is 23.5. The van der Waals surface area contributed by atoms with Gasteiger partial charge in [-0.15, -0.1) is 0 Å². The van der Waals surface area contributed by atoms with E-state index in [0.717, 1.165) is 19.3 Å². The van der Waals surface area contributed by atoms with Gasteiger partial charge in [-0.2, -0.15) is 0 Å². The molecule has 8 atom stereocenters. The average Bonchev–Trinajstić information content (AvgIpc) is 3.79. The lowest BCUT2D eigenvalue weighted by atomic mass is 9.71. The number of amides is 1. The number of ether oxygens (including phenoxy) is 2. The molecule has 3 N–H and O–H groups in total. The molecule has 0 aliphatic carbocycles. The molecule has 9 heteroatoms. The molecule has 0 spiro atoms. The number of hydrogen-bond donors (Lipinski definition) is 3. The zero-order chi connectivity index (χ0) is 27.7. The Morgan fingerprint density at radius 3 is 2.66 bits per heavy atom. The van der Waals surface area contributed by atoms with E-state index >= 15 is 0 Å². The molecule has 4 rings (SSSR count). The lowest BCUT2D eigenvalue weighted by molar-refractivity contribution is -0.144. The number of aliphatic hydroxyl groups excluding tert-OH is 2. The molecule has 8 nitrogen and oxygen atoms in total. The first kappa shape index (κ1) is 29.2. The number of hydrogen-bond acceptors (Lipinski definition) is 7. The fourth-order valence-electron chi connectivity index (χ4n) is 5.52. The summed E-state index contributed by atoms with van der Waals surface area (Å²) in [5.41, 5.74) is -0.912. The third kappa shape index (κ3) is 7.02. The minimum absolute atomic E-state index is 0.0547. The van der Waals surface area contributed by atoms with Crippen LogP contribution in [0.1, 0.15) is 71.9 Å². The summed E-state index contributed by atoms with van der Waals surface area (Å²) in [6.07, 6.45) is 4.13. The SMILES string of the molecule is C[C@H]1CCCC2(C)OC2C[C@@H](C(Cl)=Cc2ccccn2)NC(=O)C[C@H](O)C(C)(C)C(=O)[C@H](CC2CO2)[C@@H]1O. The van der Waals surface area contributed by atoms with Gasteiger partial charge in [-0.05, 0) is 50.3 Å². The Morgan fingerprint density at radius 2 is 2.00 bits per heavy atom. The summed E-state index contributed by atoms with van der Waals surface area (Å²) in [5.74, 6) is -1.46. The molecule has 0 aromatic carbocycles. The quantitative estimate of drug-likeness (QED) is 0.491. The van der Waals surface area contributed by atoms with Gasteiger partial charge in [0.25, 0.3) is 0 Å². The van der Waals surface area contributed by atoms with Gasteiger partial charge in [-0.25, -0.2) is 0 Å². The van der Waals surface area contributed by atoms with Crippen molar-refractivity contribution in [1.29, 1.82) is 0 Å². The largest absolute Gasteiger partial charge is 0.392 e. The van der Waals surface area contributed by atoms with E-state index in [-0.39, 0.29) is 35.9 Å². The molecule has 3 saturated heterocycles. The van der Waals surface area contributed by atoms with Crippen molar-refractivity contribution in [3.63, 3.8) is 0 Å². The highest BCUT2D eigenvalue weighted by Crippen LogP contribution is 2.45. The van der Waals surface area contributed by atoms with Crippen molar-refractivity contribution in [3.8, 4) is 0 Å². The molecule has 3 aliphatic heterocycles. The maximum absolute atomic E-state index is 13.7. The summed E-state index contributed by atoms with van der Waals surface area (Å²) in [6, 6.07) is 4.97. The molecule has 0 radical (unpaired) electrons. The molecule has 4 heterocycles. The minimum Gasteiger partial charge on any atom is -0.392 e. The van der Waals surface area contributed by atoms with E-state index in [1.54, 1.807) is 26.1 Å². The maximum Gasteiger partial charge on any atom is 0.223 e. The number of epoxide rings is 2. The first-order chi connectivity index (χ1) is 17.9. The van der Waals surface area contributed by atoms with Crippen LogP contribution >= 0.6 is 11.6 Å². The highest BCUT2D eigenvalue weighted by molar-refractivity contribution is 6.32. The van der Waals surface area contributed by atoms with E-state index in [1.807, 2.05) is 25.1 Å². The van der Waals surface area contributed by atoms with Crippen LogP contribution in [0, 0.1) is 17.3 Å². The lowest BCUT2D eigenvalue weighted by Gasteiger charge is -2.36. The zero-order valence-electron chi connectivity index (χ0n) is 22.7. The molecule has 38 heavy (non-hydrogen) atoms. The predicted molar refractivity (Wildman–Crippen MR) is 144 cm³/mol. The Balaban J connectivity index is 1.58. The van der Waals surface area contributed by atoms with Crippen LogP contribution in [-0.4, -0.2) is 69.6 Å². The second kappa shape index (κ2) is 11.7. The molecule has 1 amide bonds. The molecular weight excluding hydrogens is 508 g/mol. The molecular formula is C29H41ClN2O6. The number of fused-ring (bicyclic) bond motifs is 1. The first-order valence-electron chi connectivity index (χ1n) is 13.7. The van der Waals surface area contributed by atoms with Crippen molar-refractivity contribution < 1.29 is 29.3 Å². The van der Waals surface area contributed by atoms with Crippen LogP contribution in [0.4, 0.5) is 0 Å². The number of aromatic nitrogens is 1. The number of nitrogens with zero attached hydrogens (tertiary/aromatic N) is 1. The minimum atomic E-state index is -1.24. The Morgan fingerprint density at radius 1 is 1.26 bits per heavy atom. The van der Waals surface area contributed by atoms with Crippen LogP contribution in [-0.2, 0) is 19.1 Å². The van der Waals surface area contributed by atoms with Crippen LogP contribution in [0.15, 0.2) is 29.4 Å². The number of carbonyl (C=O) groups excluding carboxylic acids is 2. The van der Waals surface area contributed by atoms with Crippen molar-refractivity contribution in [2.24, 2.45) is 17.3 Å². The first-order valence-corrected chi connectivity index (χ1v) is 14.1. The third-order valence-electron chi connectivity index (χ3n) is 8.56. The Kier molecular flexibility index (Phi) is 8.99. The second-order valence-electron chi connectivity index (χ2n) is 12.0. The Labute approximate surface area is 230 Å². The van der Waals surface area contributed by atoms with Crippen molar-refractivity contribution in [1.82, 2.24) is 10.3 Å². The molecule has 3 unspecified atom stereocenters. The van der Waals surface area contributed by atoms with Crippen molar-refractivity contribution >= 4 is 29.4 Å². The van der Waals surface area contributed by atoms with Gasteiger partial charge in [0.15, 0.2) is 0 Å². The van der Waals surface area contributed by atoms with Crippen LogP contribution < -0.4 is 5.32 Å². The van der Waals surface area contributed by atoms with E-state index in [1.165, 1.54) is 0 Å². The van der Waals surface area contributed by atoms with Gasteiger partial charge in [0.05, 0.1) is 60.2 Å².